The zero-order valence-electron chi connectivity index (χ0n) is 11.6. The van der Waals surface area contributed by atoms with E-state index in [9.17, 15) is 0 Å². The van der Waals surface area contributed by atoms with E-state index in [2.05, 4.69) is 34.6 Å². The van der Waals surface area contributed by atoms with E-state index >= 15 is 0 Å². The van der Waals surface area contributed by atoms with Crippen LogP contribution < -0.4 is 5.32 Å². The van der Waals surface area contributed by atoms with Gasteiger partial charge in [0.1, 0.15) is 0 Å². The maximum absolute atomic E-state index is 4.38. The monoisotopic (exact) mass is 267 g/mol. The minimum atomic E-state index is 0.484. The van der Waals surface area contributed by atoms with Crippen LogP contribution in [-0.2, 0) is 6.54 Å². The molecule has 1 aromatic rings. The zero-order chi connectivity index (χ0) is 12.8. The number of aromatic nitrogens is 1. The Morgan fingerprint density at radius 2 is 2.44 bits per heavy atom. The minimum absolute atomic E-state index is 0.484. The Bertz CT molecular complexity index is 325. The maximum atomic E-state index is 4.38. The molecule has 0 saturated carbocycles. The van der Waals surface area contributed by atoms with Gasteiger partial charge in [0.25, 0.3) is 0 Å². The molecule has 0 radical (unpaired) electrons. The molecule has 1 N–H and O–H groups in total. The van der Waals surface area contributed by atoms with Gasteiger partial charge in [-0.25, -0.2) is 4.98 Å². The molecule has 0 amide bonds. The molecule has 0 spiro atoms. The van der Waals surface area contributed by atoms with Gasteiger partial charge in [-0.1, -0.05) is 13.3 Å². The second-order valence-corrected chi connectivity index (χ2v) is 6.40. The predicted octanol–water partition coefficient (Wildman–Crippen LogP) is 2.74. The first kappa shape index (κ1) is 14.0. The van der Waals surface area contributed by atoms with Crippen LogP contribution in [0.5, 0.6) is 0 Å². The lowest BCUT2D eigenvalue weighted by Gasteiger charge is -2.40. The molecule has 2 rings (SSSR count). The first-order valence-electron chi connectivity index (χ1n) is 7.00. The van der Waals surface area contributed by atoms with E-state index in [0.29, 0.717) is 5.41 Å². The third kappa shape index (κ3) is 3.77. The average Bonchev–Trinajstić information content (AvgIpc) is 2.83. The molecule has 1 saturated heterocycles. The SMILES string of the molecule is CCCC1(CN(C)Cc2cscn2)CCCNC1. The van der Waals surface area contributed by atoms with Crippen molar-refractivity contribution >= 4 is 11.3 Å². The smallest absolute Gasteiger partial charge is 0.0795 e. The first-order valence-corrected chi connectivity index (χ1v) is 7.95. The summed E-state index contributed by atoms with van der Waals surface area (Å²) in [6, 6.07) is 0. The van der Waals surface area contributed by atoms with Gasteiger partial charge in [0.2, 0.25) is 0 Å². The topological polar surface area (TPSA) is 28.2 Å². The average molecular weight is 267 g/mol. The molecule has 1 unspecified atom stereocenters. The number of nitrogens with zero attached hydrogens (tertiary/aromatic N) is 2. The molecular weight excluding hydrogens is 242 g/mol. The van der Waals surface area contributed by atoms with Crippen molar-refractivity contribution in [1.29, 1.82) is 0 Å². The van der Waals surface area contributed by atoms with E-state index in [4.69, 9.17) is 0 Å². The number of rotatable bonds is 6. The van der Waals surface area contributed by atoms with Crippen LogP contribution in [0.15, 0.2) is 10.9 Å². The summed E-state index contributed by atoms with van der Waals surface area (Å²) in [4.78, 5) is 6.82. The van der Waals surface area contributed by atoms with E-state index < -0.39 is 0 Å². The highest BCUT2D eigenvalue weighted by Crippen LogP contribution is 2.32. The fourth-order valence-electron chi connectivity index (χ4n) is 3.21. The van der Waals surface area contributed by atoms with Crippen molar-refractivity contribution in [3.05, 3.63) is 16.6 Å². The molecule has 4 heteroatoms. The van der Waals surface area contributed by atoms with Gasteiger partial charge in [-0.05, 0) is 38.3 Å². The molecule has 18 heavy (non-hydrogen) atoms. The van der Waals surface area contributed by atoms with Crippen molar-refractivity contribution < 1.29 is 0 Å². The van der Waals surface area contributed by atoms with Crippen molar-refractivity contribution in [1.82, 2.24) is 15.2 Å². The Balaban J connectivity index is 1.91. The second kappa shape index (κ2) is 6.64. The van der Waals surface area contributed by atoms with E-state index in [-0.39, 0.29) is 0 Å². The number of nitrogens with one attached hydrogen (secondary N) is 1. The Morgan fingerprint density at radius 1 is 1.56 bits per heavy atom. The summed E-state index contributed by atoms with van der Waals surface area (Å²) < 4.78 is 0. The van der Waals surface area contributed by atoms with Crippen LogP contribution in [-0.4, -0.2) is 36.6 Å². The molecule has 0 aliphatic carbocycles. The fraction of sp³-hybridized carbons (Fsp3) is 0.786. The first-order chi connectivity index (χ1) is 8.74. The molecule has 3 nitrogen and oxygen atoms in total. The summed E-state index contributed by atoms with van der Waals surface area (Å²) in [7, 11) is 2.23. The van der Waals surface area contributed by atoms with Gasteiger partial charge in [0.05, 0.1) is 11.2 Å². The van der Waals surface area contributed by atoms with Gasteiger partial charge < -0.3 is 5.32 Å². The van der Waals surface area contributed by atoms with Crippen LogP contribution in [0.4, 0.5) is 0 Å². The van der Waals surface area contributed by atoms with Gasteiger partial charge in [-0.3, -0.25) is 4.90 Å². The van der Waals surface area contributed by atoms with Gasteiger partial charge in [-0.2, -0.15) is 0 Å². The minimum Gasteiger partial charge on any atom is -0.316 e. The van der Waals surface area contributed by atoms with Crippen molar-refractivity contribution in [3.8, 4) is 0 Å². The number of hydrogen-bond donors (Lipinski definition) is 1. The molecule has 1 aromatic heterocycles. The largest absolute Gasteiger partial charge is 0.316 e. The summed E-state index contributed by atoms with van der Waals surface area (Å²) in [5.41, 5.74) is 3.61. The summed E-state index contributed by atoms with van der Waals surface area (Å²) in [5, 5.41) is 5.74. The van der Waals surface area contributed by atoms with Crippen LogP contribution in [0.1, 0.15) is 38.3 Å². The van der Waals surface area contributed by atoms with Gasteiger partial charge in [-0.15, -0.1) is 11.3 Å². The molecule has 102 valence electrons. The maximum Gasteiger partial charge on any atom is 0.0795 e. The zero-order valence-corrected chi connectivity index (χ0v) is 12.4. The van der Waals surface area contributed by atoms with E-state index in [1.54, 1.807) is 11.3 Å². The third-order valence-electron chi connectivity index (χ3n) is 3.86. The fourth-order valence-corrected chi connectivity index (χ4v) is 3.76. The van der Waals surface area contributed by atoms with Crippen LogP contribution >= 0.6 is 11.3 Å². The highest BCUT2D eigenvalue weighted by atomic mass is 32.1. The molecule has 1 fully saturated rings. The predicted molar refractivity (Wildman–Crippen MR) is 77.9 cm³/mol. The lowest BCUT2D eigenvalue weighted by molar-refractivity contribution is 0.117. The van der Waals surface area contributed by atoms with Crippen LogP contribution in [0.25, 0.3) is 0 Å². The van der Waals surface area contributed by atoms with E-state index in [1.807, 2.05) is 5.51 Å². The third-order valence-corrected chi connectivity index (χ3v) is 4.50. The van der Waals surface area contributed by atoms with Gasteiger partial charge in [0.15, 0.2) is 0 Å². The number of thiazole rings is 1. The standard InChI is InChI=1S/C14H25N3S/c1-3-5-14(6-4-7-15-10-14)11-17(2)8-13-9-18-12-16-13/h9,12,15H,3-8,10-11H2,1-2H3. The van der Waals surface area contributed by atoms with Crippen molar-refractivity contribution in [2.45, 2.75) is 39.2 Å². The van der Waals surface area contributed by atoms with E-state index in [1.165, 1.54) is 51.0 Å². The Labute approximate surface area is 115 Å². The lowest BCUT2D eigenvalue weighted by atomic mass is 9.76. The van der Waals surface area contributed by atoms with Crippen molar-refractivity contribution in [3.63, 3.8) is 0 Å². The van der Waals surface area contributed by atoms with E-state index in [0.717, 1.165) is 6.54 Å². The second-order valence-electron chi connectivity index (χ2n) is 5.68. The quantitative estimate of drug-likeness (QED) is 0.859. The molecule has 0 aromatic carbocycles. The molecule has 2 heterocycles. The van der Waals surface area contributed by atoms with Crippen molar-refractivity contribution in [2.75, 3.05) is 26.7 Å². The molecule has 0 bridgehead atoms. The summed E-state index contributed by atoms with van der Waals surface area (Å²) in [6.07, 6.45) is 5.31. The normalized spacial score (nSPS) is 24.6. The summed E-state index contributed by atoms with van der Waals surface area (Å²) >= 11 is 1.69. The van der Waals surface area contributed by atoms with Gasteiger partial charge in [0, 0.05) is 25.0 Å². The van der Waals surface area contributed by atoms with Crippen LogP contribution in [0.2, 0.25) is 0 Å². The Hall–Kier alpha value is -0.450. The molecular formula is C14H25N3S. The number of piperidine rings is 1. The molecule has 1 atom stereocenters. The summed E-state index contributed by atoms with van der Waals surface area (Å²) in [5.74, 6) is 0. The summed E-state index contributed by atoms with van der Waals surface area (Å²) in [6.45, 7) is 6.85. The molecule has 1 aliphatic heterocycles. The van der Waals surface area contributed by atoms with Gasteiger partial charge >= 0.3 is 0 Å². The highest BCUT2D eigenvalue weighted by Gasteiger charge is 2.32. The van der Waals surface area contributed by atoms with Crippen LogP contribution in [0, 0.1) is 5.41 Å². The lowest BCUT2D eigenvalue weighted by Crippen LogP contribution is -2.46. The Morgan fingerprint density at radius 3 is 3.06 bits per heavy atom. The highest BCUT2D eigenvalue weighted by molar-refractivity contribution is 7.07. The molecule has 1 aliphatic rings. The van der Waals surface area contributed by atoms with Crippen LogP contribution in [0.3, 0.4) is 0 Å². The Kier molecular flexibility index (Phi) is 5.15. The number of hydrogen-bond acceptors (Lipinski definition) is 4. The van der Waals surface area contributed by atoms with Crippen molar-refractivity contribution in [2.24, 2.45) is 5.41 Å².